The van der Waals surface area contributed by atoms with E-state index in [-0.39, 0.29) is 6.54 Å². The zero-order chi connectivity index (χ0) is 12.2. The molecule has 0 heterocycles. The van der Waals surface area contributed by atoms with Gasteiger partial charge in [-0.15, -0.1) is 0 Å². The summed E-state index contributed by atoms with van der Waals surface area (Å²) in [5.74, 6) is 0. The second kappa shape index (κ2) is 5.07. The van der Waals surface area contributed by atoms with E-state index >= 15 is 0 Å². The average molecular weight is 239 g/mol. The summed E-state index contributed by atoms with van der Waals surface area (Å²) in [5, 5.41) is 8.71. The highest BCUT2D eigenvalue weighted by atomic mass is 32.2. The topological polar surface area (TPSA) is 73.2 Å². The van der Waals surface area contributed by atoms with Crippen LogP contribution in [0.1, 0.15) is 11.1 Å². The fourth-order valence-corrected chi connectivity index (χ4v) is 1.87. The second-order valence-corrected chi connectivity index (χ2v) is 5.26. The molecule has 0 spiro atoms. The lowest BCUT2D eigenvalue weighted by molar-refractivity contribution is 0.459. The number of hydrogen-bond acceptors (Lipinski definition) is 3. The zero-order valence-electron chi connectivity index (χ0n) is 9.14. The van der Waals surface area contributed by atoms with Crippen molar-refractivity contribution in [1.82, 2.24) is 9.03 Å². The normalized spacial score (nSPS) is 11.4. The number of nitrogens with one attached hydrogen (secondary N) is 1. The van der Waals surface area contributed by atoms with Crippen LogP contribution in [-0.4, -0.2) is 26.8 Å². The van der Waals surface area contributed by atoms with E-state index in [4.69, 9.17) is 5.26 Å². The van der Waals surface area contributed by atoms with Crippen molar-refractivity contribution in [1.29, 1.82) is 5.26 Å². The number of hydrogen-bond donors (Lipinski definition) is 1. The third-order valence-corrected chi connectivity index (χ3v) is 3.60. The molecule has 0 fully saturated rings. The summed E-state index contributed by atoms with van der Waals surface area (Å²) in [7, 11) is -0.580. The molecule has 0 atom stereocenters. The fourth-order valence-electron chi connectivity index (χ4n) is 1.24. The highest BCUT2D eigenvalue weighted by Gasteiger charge is 2.14. The van der Waals surface area contributed by atoms with E-state index in [0.29, 0.717) is 5.56 Å². The molecule has 1 aromatic carbocycles. The molecule has 0 aliphatic carbocycles. The Morgan fingerprint density at radius 1 is 1.50 bits per heavy atom. The highest BCUT2D eigenvalue weighted by Crippen LogP contribution is 2.08. The first-order valence-corrected chi connectivity index (χ1v) is 6.07. The molecule has 0 saturated carbocycles. The van der Waals surface area contributed by atoms with Gasteiger partial charge in [0.1, 0.15) is 0 Å². The van der Waals surface area contributed by atoms with Crippen molar-refractivity contribution in [3.8, 4) is 6.07 Å². The first-order valence-electron chi connectivity index (χ1n) is 4.63. The van der Waals surface area contributed by atoms with E-state index in [1.54, 1.807) is 24.3 Å². The Kier molecular flexibility index (Phi) is 4.01. The summed E-state index contributed by atoms with van der Waals surface area (Å²) in [6.45, 7) is 0.235. The van der Waals surface area contributed by atoms with E-state index in [0.717, 1.165) is 5.56 Å². The van der Waals surface area contributed by atoms with Crippen LogP contribution in [0.5, 0.6) is 0 Å². The van der Waals surface area contributed by atoms with Crippen molar-refractivity contribution in [2.75, 3.05) is 14.1 Å². The van der Waals surface area contributed by atoms with Gasteiger partial charge in [-0.1, -0.05) is 12.1 Å². The lowest BCUT2D eigenvalue weighted by Gasteiger charge is -2.15. The first-order chi connectivity index (χ1) is 7.49. The fraction of sp³-hybridized carbons (Fsp3) is 0.300. The minimum absolute atomic E-state index is 0.235. The molecular weight excluding hydrogens is 226 g/mol. The third-order valence-electron chi connectivity index (χ3n) is 2.13. The summed E-state index contributed by atoms with van der Waals surface area (Å²) >= 11 is 0. The SMILES string of the molecule is CNS(=O)(=O)N(C)Cc1cccc(C#N)c1. The molecule has 1 N–H and O–H groups in total. The second-order valence-electron chi connectivity index (χ2n) is 3.28. The molecule has 1 aromatic rings. The van der Waals surface area contributed by atoms with Crippen LogP contribution >= 0.6 is 0 Å². The predicted molar refractivity (Wildman–Crippen MR) is 60.6 cm³/mol. The van der Waals surface area contributed by atoms with Gasteiger partial charge in [0.05, 0.1) is 11.6 Å². The van der Waals surface area contributed by atoms with Gasteiger partial charge in [0.25, 0.3) is 10.2 Å². The summed E-state index contributed by atoms with van der Waals surface area (Å²) in [6.07, 6.45) is 0. The summed E-state index contributed by atoms with van der Waals surface area (Å²) in [5.41, 5.74) is 1.30. The first kappa shape index (κ1) is 12.6. The number of nitrogens with zero attached hydrogens (tertiary/aromatic N) is 2. The Morgan fingerprint density at radius 2 is 2.19 bits per heavy atom. The van der Waals surface area contributed by atoms with Gasteiger partial charge in [-0.25, -0.2) is 4.72 Å². The van der Waals surface area contributed by atoms with Crippen molar-refractivity contribution >= 4 is 10.2 Å². The monoisotopic (exact) mass is 239 g/mol. The molecular formula is C10H13N3O2S. The standard InChI is InChI=1S/C10H13N3O2S/c1-12-16(14,15)13(2)8-10-5-3-4-9(6-10)7-11/h3-6,12H,8H2,1-2H3. The van der Waals surface area contributed by atoms with Gasteiger partial charge >= 0.3 is 0 Å². The molecule has 0 bridgehead atoms. The van der Waals surface area contributed by atoms with Crippen molar-refractivity contribution in [2.24, 2.45) is 0 Å². The van der Waals surface area contributed by atoms with Crippen molar-refractivity contribution < 1.29 is 8.42 Å². The highest BCUT2D eigenvalue weighted by molar-refractivity contribution is 7.87. The minimum atomic E-state index is -3.42. The molecule has 86 valence electrons. The Labute approximate surface area is 95.5 Å². The van der Waals surface area contributed by atoms with Crippen molar-refractivity contribution in [3.63, 3.8) is 0 Å². The summed E-state index contributed by atoms with van der Waals surface area (Å²) in [6, 6.07) is 8.86. The molecule has 0 saturated heterocycles. The van der Waals surface area contributed by atoms with Crippen LogP contribution in [0.2, 0.25) is 0 Å². The Balaban J connectivity index is 2.86. The van der Waals surface area contributed by atoms with Gasteiger partial charge in [-0.3, -0.25) is 0 Å². The van der Waals surface area contributed by atoms with E-state index in [2.05, 4.69) is 4.72 Å². The molecule has 0 aliphatic rings. The van der Waals surface area contributed by atoms with Gasteiger partial charge in [0.15, 0.2) is 0 Å². The van der Waals surface area contributed by atoms with Crippen LogP contribution in [0.4, 0.5) is 0 Å². The van der Waals surface area contributed by atoms with E-state index in [9.17, 15) is 8.42 Å². The number of benzene rings is 1. The lowest BCUT2D eigenvalue weighted by Crippen LogP contribution is -2.35. The summed E-state index contributed by atoms with van der Waals surface area (Å²) in [4.78, 5) is 0. The molecule has 6 heteroatoms. The van der Waals surface area contributed by atoms with Gasteiger partial charge in [-0.05, 0) is 17.7 Å². The van der Waals surface area contributed by atoms with Crippen LogP contribution in [0.3, 0.4) is 0 Å². The lowest BCUT2D eigenvalue weighted by atomic mass is 10.1. The van der Waals surface area contributed by atoms with Gasteiger partial charge in [0, 0.05) is 20.6 Å². The Bertz CT molecular complexity index is 505. The zero-order valence-corrected chi connectivity index (χ0v) is 9.95. The molecule has 0 unspecified atom stereocenters. The van der Waals surface area contributed by atoms with Crippen LogP contribution in [0, 0.1) is 11.3 Å². The molecule has 16 heavy (non-hydrogen) atoms. The molecule has 0 aromatic heterocycles. The summed E-state index contributed by atoms with van der Waals surface area (Å²) < 4.78 is 26.2. The van der Waals surface area contributed by atoms with Crippen LogP contribution in [0.25, 0.3) is 0 Å². The Hall–Kier alpha value is -1.42. The number of rotatable bonds is 4. The maximum atomic E-state index is 11.4. The number of nitriles is 1. The van der Waals surface area contributed by atoms with Gasteiger partial charge in [0.2, 0.25) is 0 Å². The Morgan fingerprint density at radius 3 is 2.75 bits per heavy atom. The molecule has 0 amide bonds. The van der Waals surface area contributed by atoms with Crippen LogP contribution in [-0.2, 0) is 16.8 Å². The molecule has 0 aliphatic heterocycles. The quantitative estimate of drug-likeness (QED) is 0.829. The van der Waals surface area contributed by atoms with E-state index in [1.807, 2.05) is 6.07 Å². The van der Waals surface area contributed by atoms with E-state index < -0.39 is 10.2 Å². The molecule has 0 radical (unpaired) electrons. The largest absolute Gasteiger partial charge is 0.279 e. The maximum absolute atomic E-state index is 11.4. The van der Waals surface area contributed by atoms with Crippen LogP contribution < -0.4 is 4.72 Å². The van der Waals surface area contributed by atoms with Crippen molar-refractivity contribution in [3.05, 3.63) is 35.4 Å². The predicted octanol–water partition coefficient (Wildman–Crippen LogP) is 0.454. The third kappa shape index (κ3) is 3.03. The van der Waals surface area contributed by atoms with Crippen LogP contribution in [0.15, 0.2) is 24.3 Å². The van der Waals surface area contributed by atoms with E-state index in [1.165, 1.54) is 18.4 Å². The minimum Gasteiger partial charge on any atom is -0.205 e. The smallest absolute Gasteiger partial charge is 0.205 e. The molecule has 1 rings (SSSR count). The maximum Gasteiger partial charge on any atom is 0.279 e. The van der Waals surface area contributed by atoms with Gasteiger partial charge < -0.3 is 0 Å². The average Bonchev–Trinajstić information content (AvgIpc) is 2.29. The molecule has 5 nitrogen and oxygen atoms in total. The van der Waals surface area contributed by atoms with Crippen molar-refractivity contribution in [2.45, 2.75) is 6.54 Å². The van der Waals surface area contributed by atoms with Gasteiger partial charge in [-0.2, -0.15) is 18.0 Å².